The van der Waals surface area contributed by atoms with Crippen LogP contribution in [-0.4, -0.2) is 0 Å². The van der Waals surface area contributed by atoms with Crippen LogP contribution in [0.5, 0.6) is 0 Å². The lowest BCUT2D eigenvalue weighted by Gasteiger charge is -2.70. The van der Waals surface area contributed by atoms with Gasteiger partial charge in [-0.2, -0.15) is 0 Å². The average molecular weight is 423 g/mol. The fourth-order valence-corrected chi connectivity index (χ4v) is 10.7. The quantitative estimate of drug-likeness (QED) is 0.369. The Morgan fingerprint density at radius 2 is 1.68 bits per heavy atom. The molecule has 0 N–H and O–H groups in total. The number of allylic oxidation sites excluding steroid dienone is 3. The Kier molecular flexibility index (Phi) is 5.03. The Morgan fingerprint density at radius 1 is 0.935 bits per heavy atom. The average Bonchev–Trinajstić information content (AvgIpc) is 2.71. The lowest BCUT2D eigenvalue weighted by atomic mass is 9.34. The largest absolute Gasteiger partial charge is 0.0996 e. The van der Waals surface area contributed by atoms with E-state index in [1.165, 1.54) is 69.8 Å². The second-order valence-corrected chi connectivity index (χ2v) is 14.1. The molecule has 174 valence electrons. The number of fused-ring (bicyclic) bond motifs is 7. The molecule has 0 heteroatoms. The molecule has 0 aromatic rings. The van der Waals surface area contributed by atoms with Gasteiger partial charge >= 0.3 is 0 Å². The van der Waals surface area contributed by atoms with Crippen LogP contribution >= 0.6 is 0 Å². The summed E-state index contributed by atoms with van der Waals surface area (Å²) in [4.78, 5) is 0. The van der Waals surface area contributed by atoms with Crippen molar-refractivity contribution in [2.45, 2.75) is 113 Å². The van der Waals surface area contributed by atoms with Gasteiger partial charge in [0.15, 0.2) is 0 Å². The summed E-state index contributed by atoms with van der Waals surface area (Å²) in [6.45, 7) is 22.8. The van der Waals surface area contributed by atoms with E-state index in [4.69, 9.17) is 0 Å². The fraction of sp³-hybridized carbons (Fsp3) is 0.871. The van der Waals surface area contributed by atoms with Crippen LogP contribution < -0.4 is 0 Å². The summed E-state index contributed by atoms with van der Waals surface area (Å²) < 4.78 is 0. The van der Waals surface area contributed by atoms with Crippen LogP contribution in [0, 0.1) is 57.2 Å². The van der Waals surface area contributed by atoms with Gasteiger partial charge in [0.05, 0.1) is 0 Å². The smallest absolute Gasteiger partial charge is 0.00274 e. The molecule has 0 aliphatic heterocycles. The Hall–Kier alpha value is -0.520. The van der Waals surface area contributed by atoms with Crippen LogP contribution in [0.4, 0.5) is 0 Å². The van der Waals surface area contributed by atoms with Crippen molar-refractivity contribution in [2.24, 2.45) is 57.2 Å². The van der Waals surface area contributed by atoms with Crippen molar-refractivity contribution in [3.63, 3.8) is 0 Å². The molecule has 0 nitrogen and oxygen atoms in total. The maximum Gasteiger partial charge on any atom is -0.00274 e. The Balaban J connectivity index is 1.58. The van der Waals surface area contributed by atoms with Crippen molar-refractivity contribution in [2.75, 3.05) is 0 Å². The number of hydrogen-bond donors (Lipinski definition) is 0. The van der Waals surface area contributed by atoms with E-state index in [1.54, 1.807) is 0 Å². The highest BCUT2D eigenvalue weighted by Crippen LogP contribution is 2.75. The predicted octanol–water partition coefficient (Wildman–Crippen LogP) is 9.22. The molecule has 3 unspecified atom stereocenters. The van der Waals surface area contributed by atoms with Gasteiger partial charge in [-0.3, -0.25) is 0 Å². The van der Waals surface area contributed by atoms with E-state index in [0.717, 1.165) is 35.5 Å². The van der Waals surface area contributed by atoms with Gasteiger partial charge in [0.2, 0.25) is 0 Å². The van der Waals surface area contributed by atoms with Crippen molar-refractivity contribution < 1.29 is 0 Å². The molecule has 0 aromatic heterocycles. The number of rotatable bonds is 1. The second kappa shape index (κ2) is 6.99. The summed E-state index contributed by atoms with van der Waals surface area (Å²) in [7, 11) is 0. The van der Waals surface area contributed by atoms with Gasteiger partial charge in [-0.05, 0) is 128 Å². The molecule has 4 saturated carbocycles. The van der Waals surface area contributed by atoms with Crippen LogP contribution in [-0.2, 0) is 0 Å². The first kappa shape index (κ1) is 22.3. The molecule has 0 saturated heterocycles. The van der Waals surface area contributed by atoms with E-state index < -0.39 is 0 Å². The van der Waals surface area contributed by atoms with Crippen molar-refractivity contribution in [3.05, 3.63) is 23.8 Å². The van der Waals surface area contributed by atoms with Gasteiger partial charge in [-0.25, -0.2) is 0 Å². The Morgan fingerprint density at radius 3 is 2.39 bits per heavy atom. The summed E-state index contributed by atoms with van der Waals surface area (Å²) in [6.07, 6.45) is 17.0. The maximum absolute atomic E-state index is 4.59. The minimum Gasteiger partial charge on any atom is -0.0996 e. The minimum absolute atomic E-state index is 0.400. The minimum atomic E-state index is 0.400. The Bertz CT molecular complexity index is 788. The van der Waals surface area contributed by atoms with Gasteiger partial charge in [-0.1, -0.05) is 65.3 Å². The van der Waals surface area contributed by atoms with E-state index in [0.29, 0.717) is 21.7 Å². The third-order valence-corrected chi connectivity index (χ3v) is 13.2. The van der Waals surface area contributed by atoms with E-state index in [2.05, 4.69) is 61.1 Å². The second-order valence-electron chi connectivity index (χ2n) is 14.1. The zero-order valence-electron chi connectivity index (χ0n) is 21.8. The molecule has 4 fully saturated rings. The molecule has 0 spiro atoms. The molecular formula is C31H50. The summed E-state index contributed by atoms with van der Waals surface area (Å²) in [5.41, 5.74) is 5.21. The van der Waals surface area contributed by atoms with Gasteiger partial charge in [-0.15, -0.1) is 0 Å². The molecule has 31 heavy (non-hydrogen) atoms. The van der Waals surface area contributed by atoms with Crippen LogP contribution in [0.3, 0.4) is 0 Å². The lowest BCUT2D eigenvalue weighted by molar-refractivity contribution is -0.168. The van der Waals surface area contributed by atoms with Crippen molar-refractivity contribution in [1.29, 1.82) is 0 Å². The van der Waals surface area contributed by atoms with E-state index >= 15 is 0 Å². The van der Waals surface area contributed by atoms with Crippen LogP contribution in [0.25, 0.3) is 0 Å². The highest BCUT2D eigenvalue weighted by Gasteiger charge is 2.66. The van der Waals surface area contributed by atoms with Crippen LogP contribution in [0.1, 0.15) is 113 Å². The first-order chi connectivity index (χ1) is 14.5. The van der Waals surface area contributed by atoms with Gasteiger partial charge < -0.3 is 0 Å². The summed E-state index contributed by atoms with van der Waals surface area (Å²) in [5, 5.41) is 0. The van der Waals surface area contributed by atoms with E-state index in [-0.39, 0.29) is 0 Å². The normalized spacial score (nSPS) is 56.4. The third kappa shape index (κ3) is 2.72. The third-order valence-electron chi connectivity index (χ3n) is 13.2. The summed E-state index contributed by atoms with van der Waals surface area (Å²) >= 11 is 0. The summed E-state index contributed by atoms with van der Waals surface area (Å²) in [6, 6.07) is 0. The monoisotopic (exact) mass is 422 g/mol. The van der Waals surface area contributed by atoms with Crippen molar-refractivity contribution in [1.82, 2.24) is 0 Å². The fourth-order valence-electron chi connectivity index (χ4n) is 10.7. The van der Waals surface area contributed by atoms with E-state index in [9.17, 15) is 0 Å². The zero-order valence-corrected chi connectivity index (χ0v) is 21.8. The highest BCUT2D eigenvalue weighted by atomic mass is 14.7. The zero-order chi connectivity index (χ0) is 22.4. The molecule has 10 atom stereocenters. The topological polar surface area (TPSA) is 0 Å². The Labute approximate surface area is 193 Å². The molecule has 0 heterocycles. The molecule has 5 aliphatic carbocycles. The van der Waals surface area contributed by atoms with Gasteiger partial charge in [0.1, 0.15) is 0 Å². The first-order valence-electron chi connectivity index (χ1n) is 13.9. The molecule has 5 aliphatic rings. The van der Waals surface area contributed by atoms with Crippen molar-refractivity contribution >= 4 is 0 Å². The molecule has 5 rings (SSSR count). The summed E-state index contributed by atoms with van der Waals surface area (Å²) in [5.74, 6) is 5.29. The molecule has 0 aromatic carbocycles. The number of hydrogen-bond acceptors (Lipinski definition) is 0. The molecular weight excluding hydrogens is 372 g/mol. The predicted molar refractivity (Wildman–Crippen MR) is 134 cm³/mol. The lowest BCUT2D eigenvalue weighted by Crippen LogP contribution is -2.62. The maximum atomic E-state index is 4.59. The molecule has 0 bridgehead atoms. The van der Waals surface area contributed by atoms with Gasteiger partial charge in [0, 0.05) is 0 Å². The van der Waals surface area contributed by atoms with Gasteiger partial charge in [0.25, 0.3) is 0 Å². The van der Waals surface area contributed by atoms with Crippen LogP contribution in [0.2, 0.25) is 0 Å². The molecule has 0 radical (unpaired) electrons. The van der Waals surface area contributed by atoms with Crippen molar-refractivity contribution in [3.8, 4) is 0 Å². The molecule has 0 amide bonds. The first-order valence-corrected chi connectivity index (χ1v) is 13.9. The van der Waals surface area contributed by atoms with E-state index in [1.807, 2.05) is 5.57 Å². The highest BCUT2D eigenvalue weighted by molar-refractivity contribution is 5.36. The van der Waals surface area contributed by atoms with Crippen LogP contribution in [0.15, 0.2) is 23.8 Å². The SMILES string of the molecule is C=C(C)[C@]12CC[C@H](C)CC1C1=CCC3[C@@]4(C)CC[C@H](C)[C@H](C)C4CC[C@@]3(C)[C@]1(C)CC2. The standard InChI is InChI=1S/C31H50/c1-20(2)31-16-11-21(3)19-26(31)25-9-10-27-28(6)14-12-22(4)23(5)24(28)13-15-30(27,8)29(25,7)17-18-31/h9,21-24,26-27H,1,10-19H2,2-8H3/t21-,22-,23-,24?,26?,27?,28-,29+,30+,31+/m0/s1.